The van der Waals surface area contributed by atoms with Gasteiger partial charge in [0.25, 0.3) is 0 Å². The number of fused-ring (bicyclic) bond motifs is 1. The molecule has 0 bridgehead atoms. The monoisotopic (exact) mass is 359 g/mol. The van der Waals surface area contributed by atoms with Crippen molar-refractivity contribution >= 4 is 40.1 Å². The lowest BCUT2D eigenvalue weighted by molar-refractivity contribution is 0.0687. The summed E-state index contributed by atoms with van der Waals surface area (Å²) in [6, 6.07) is 11.1. The van der Waals surface area contributed by atoms with Crippen LogP contribution in [-0.4, -0.2) is 20.9 Å². The van der Waals surface area contributed by atoms with E-state index in [1.54, 1.807) is 18.2 Å². The van der Waals surface area contributed by atoms with Gasteiger partial charge in [0.2, 0.25) is 11.1 Å². The van der Waals surface area contributed by atoms with E-state index in [4.69, 9.17) is 23.2 Å². The summed E-state index contributed by atoms with van der Waals surface area (Å²) in [6.07, 6.45) is 0. The van der Waals surface area contributed by atoms with Crippen LogP contribution in [0, 0.1) is 11.3 Å². The van der Waals surface area contributed by atoms with Gasteiger partial charge in [-0.05, 0) is 30.3 Å². The van der Waals surface area contributed by atoms with Gasteiger partial charge in [-0.2, -0.15) is 10.4 Å². The Morgan fingerprint density at radius 1 is 1.21 bits per heavy atom. The molecule has 0 aliphatic carbocycles. The van der Waals surface area contributed by atoms with Gasteiger partial charge in [-0.25, -0.2) is 9.48 Å². The molecule has 0 spiro atoms. The van der Waals surface area contributed by atoms with Crippen molar-refractivity contribution in [3.63, 3.8) is 0 Å². The van der Waals surface area contributed by atoms with E-state index >= 15 is 0 Å². The van der Waals surface area contributed by atoms with E-state index in [2.05, 4.69) is 5.10 Å². The van der Waals surface area contributed by atoms with Crippen molar-refractivity contribution in [2.75, 3.05) is 0 Å². The summed E-state index contributed by atoms with van der Waals surface area (Å²) in [4.78, 5) is 23.8. The lowest BCUT2D eigenvalue weighted by Crippen LogP contribution is -2.23. The standard InChI is InChI=1S/C16H7Cl2N3O3/c17-10-5-4-9(6-11(10)18)21-12-3-1-2-8(7-19)13(12)15(22)14(20-21)16(23)24/h1-6H,(H,23,24). The lowest BCUT2D eigenvalue weighted by Gasteiger charge is -2.12. The van der Waals surface area contributed by atoms with Crippen LogP contribution in [0.25, 0.3) is 16.6 Å². The molecule has 0 atom stereocenters. The van der Waals surface area contributed by atoms with Crippen LogP contribution in [0.4, 0.5) is 0 Å². The third kappa shape index (κ3) is 2.50. The highest BCUT2D eigenvalue weighted by molar-refractivity contribution is 6.42. The minimum atomic E-state index is -1.48. The van der Waals surface area contributed by atoms with E-state index in [1.807, 2.05) is 6.07 Å². The molecule has 0 unspecified atom stereocenters. The zero-order chi connectivity index (χ0) is 17.4. The Morgan fingerprint density at radius 3 is 2.58 bits per heavy atom. The summed E-state index contributed by atoms with van der Waals surface area (Å²) in [6.45, 7) is 0. The van der Waals surface area contributed by atoms with Crippen molar-refractivity contribution in [2.24, 2.45) is 0 Å². The summed E-state index contributed by atoms with van der Waals surface area (Å²) in [5.74, 6) is -1.48. The van der Waals surface area contributed by atoms with Gasteiger partial charge < -0.3 is 5.11 Å². The first kappa shape index (κ1) is 16.0. The SMILES string of the molecule is N#Cc1cccc2c1c(=O)c(C(=O)O)nn2-c1ccc(Cl)c(Cl)c1. The number of hydrogen-bond donors (Lipinski definition) is 1. The maximum Gasteiger partial charge on any atom is 0.360 e. The number of halogens is 2. The second-order valence-corrected chi connectivity index (χ2v) is 5.62. The molecule has 1 N–H and O–H groups in total. The number of aromatic carboxylic acids is 1. The van der Waals surface area contributed by atoms with Crippen LogP contribution >= 0.6 is 23.2 Å². The van der Waals surface area contributed by atoms with Crippen molar-refractivity contribution in [3.05, 3.63) is 67.9 Å². The fraction of sp³-hybridized carbons (Fsp3) is 0. The topological polar surface area (TPSA) is 96.0 Å². The van der Waals surface area contributed by atoms with Gasteiger partial charge in [0.1, 0.15) is 0 Å². The Morgan fingerprint density at radius 2 is 1.96 bits per heavy atom. The zero-order valence-electron chi connectivity index (χ0n) is 11.8. The minimum Gasteiger partial charge on any atom is -0.476 e. The van der Waals surface area contributed by atoms with Gasteiger partial charge in [-0.3, -0.25) is 4.79 Å². The Hall–Kier alpha value is -2.88. The van der Waals surface area contributed by atoms with Crippen LogP contribution in [-0.2, 0) is 0 Å². The van der Waals surface area contributed by atoms with Crippen molar-refractivity contribution in [1.29, 1.82) is 5.26 Å². The fourth-order valence-corrected chi connectivity index (χ4v) is 2.61. The molecule has 2 aromatic carbocycles. The smallest absolute Gasteiger partial charge is 0.360 e. The number of nitrogens with zero attached hydrogens (tertiary/aromatic N) is 3. The minimum absolute atomic E-state index is 0.0153. The van der Waals surface area contributed by atoms with Gasteiger partial charge >= 0.3 is 5.97 Å². The Bertz CT molecular complexity index is 1100. The molecule has 0 saturated heterocycles. The number of carboxylic acids is 1. The zero-order valence-corrected chi connectivity index (χ0v) is 13.3. The highest BCUT2D eigenvalue weighted by atomic mass is 35.5. The second kappa shape index (κ2) is 5.96. The number of aromatic nitrogens is 2. The molecule has 1 aromatic heterocycles. The Labute approximate surface area is 145 Å². The number of benzene rings is 2. The quantitative estimate of drug-likeness (QED) is 0.757. The van der Waals surface area contributed by atoms with E-state index in [-0.39, 0.29) is 16.0 Å². The molecule has 0 fully saturated rings. The molecule has 0 amide bonds. The van der Waals surface area contributed by atoms with Crippen molar-refractivity contribution in [1.82, 2.24) is 9.78 Å². The van der Waals surface area contributed by atoms with Crippen LogP contribution in [0.3, 0.4) is 0 Å². The maximum absolute atomic E-state index is 12.4. The predicted molar refractivity (Wildman–Crippen MR) is 89.0 cm³/mol. The largest absolute Gasteiger partial charge is 0.476 e. The molecule has 3 rings (SSSR count). The van der Waals surface area contributed by atoms with Crippen molar-refractivity contribution in [2.45, 2.75) is 0 Å². The van der Waals surface area contributed by atoms with Gasteiger partial charge in [0.15, 0.2) is 0 Å². The van der Waals surface area contributed by atoms with Crippen molar-refractivity contribution in [3.8, 4) is 11.8 Å². The Kier molecular flexibility index (Phi) is 3.97. The highest BCUT2D eigenvalue weighted by Gasteiger charge is 2.19. The number of hydrogen-bond acceptors (Lipinski definition) is 4. The van der Waals surface area contributed by atoms with Gasteiger partial charge in [-0.15, -0.1) is 0 Å². The van der Waals surface area contributed by atoms with E-state index in [1.165, 1.54) is 22.9 Å². The van der Waals surface area contributed by atoms with Crippen LogP contribution in [0.2, 0.25) is 10.0 Å². The van der Waals surface area contributed by atoms with Crippen molar-refractivity contribution < 1.29 is 9.90 Å². The van der Waals surface area contributed by atoms with Crippen LogP contribution in [0.5, 0.6) is 0 Å². The molecule has 3 aromatic rings. The van der Waals surface area contributed by atoms with Crippen LogP contribution in [0.1, 0.15) is 16.1 Å². The molecular formula is C16H7Cl2N3O3. The summed E-state index contributed by atoms with van der Waals surface area (Å²) >= 11 is 11.9. The van der Waals surface area contributed by atoms with E-state index in [9.17, 15) is 20.0 Å². The molecule has 1 heterocycles. The third-order valence-corrected chi connectivity index (χ3v) is 4.12. The second-order valence-electron chi connectivity index (χ2n) is 4.80. The molecule has 118 valence electrons. The van der Waals surface area contributed by atoms with E-state index in [0.717, 1.165) is 0 Å². The van der Waals surface area contributed by atoms with Gasteiger partial charge in [-0.1, -0.05) is 29.3 Å². The molecular weight excluding hydrogens is 353 g/mol. The lowest BCUT2D eigenvalue weighted by atomic mass is 10.1. The Balaban J connectivity index is 2.50. The van der Waals surface area contributed by atoms with E-state index in [0.29, 0.717) is 16.2 Å². The summed E-state index contributed by atoms with van der Waals surface area (Å²) in [5.41, 5.74) is -0.729. The molecule has 0 radical (unpaired) electrons. The fourth-order valence-electron chi connectivity index (χ4n) is 2.32. The van der Waals surface area contributed by atoms with Crippen LogP contribution in [0.15, 0.2) is 41.2 Å². The van der Waals surface area contributed by atoms with E-state index < -0.39 is 17.1 Å². The average molecular weight is 360 g/mol. The molecule has 0 aliphatic heterocycles. The molecule has 6 nitrogen and oxygen atoms in total. The molecule has 24 heavy (non-hydrogen) atoms. The third-order valence-electron chi connectivity index (χ3n) is 3.38. The summed E-state index contributed by atoms with van der Waals surface area (Å²) < 4.78 is 1.25. The average Bonchev–Trinajstić information content (AvgIpc) is 2.57. The number of carboxylic acid groups (broad SMARTS) is 1. The first-order chi connectivity index (χ1) is 11.4. The van der Waals surface area contributed by atoms with Gasteiger partial charge in [0, 0.05) is 0 Å². The molecule has 0 aliphatic rings. The predicted octanol–water partition coefficient (Wildman–Crippen LogP) is 3.26. The first-order valence-electron chi connectivity index (χ1n) is 6.59. The highest BCUT2D eigenvalue weighted by Crippen LogP contribution is 2.26. The molecule has 8 heteroatoms. The maximum atomic E-state index is 12.4. The summed E-state index contributed by atoms with van der Waals surface area (Å²) in [7, 11) is 0. The van der Waals surface area contributed by atoms with Crippen LogP contribution < -0.4 is 5.43 Å². The summed E-state index contributed by atoms with van der Waals surface area (Å²) in [5, 5.41) is 22.9. The number of rotatable bonds is 2. The number of nitriles is 1. The number of carbonyl (C=O) groups is 1. The first-order valence-corrected chi connectivity index (χ1v) is 7.34. The molecule has 0 saturated carbocycles. The van der Waals surface area contributed by atoms with Gasteiger partial charge in [0.05, 0.1) is 38.3 Å². The normalized spacial score (nSPS) is 10.5.